The number of nitrogens with one attached hydrogen (secondary N) is 2. The third-order valence-electron chi connectivity index (χ3n) is 5.45. The first-order valence-corrected chi connectivity index (χ1v) is 9.51. The quantitative estimate of drug-likeness (QED) is 0.720. The average Bonchev–Trinajstić information content (AvgIpc) is 3.18. The first-order chi connectivity index (χ1) is 13.6. The summed E-state index contributed by atoms with van der Waals surface area (Å²) in [6.07, 6.45) is 1.58. The van der Waals surface area contributed by atoms with Crippen LogP contribution in [-0.2, 0) is 17.6 Å². The van der Waals surface area contributed by atoms with Crippen LogP contribution in [0.15, 0.2) is 47.3 Å². The van der Waals surface area contributed by atoms with E-state index in [-0.39, 0.29) is 11.5 Å². The first kappa shape index (κ1) is 16.9. The molecule has 0 saturated carbocycles. The van der Waals surface area contributed by atoms with Gasteiger partial charge in [-0.1, -0.05) is 18.2 Å². The van der Waals surface area contributed by atoms with E-state index in [2.05, 4.69) is 10.3 Å². The second kappa shape index (κ2) is 6.41. The third-order valence-corrected chi connectivity index (χ3v) is 5.45. The number of ether oxygens (including phenoxy) is 2. The number of fused-ring (bicyclic) bond motifs is 4. The molecule has 2 atom stereocenters. The molecule has 2 N–H and O–H groups in total. The lowest BCUT2D eigenvalue weighted by molar-refractivity contribution is -0.128. The Labute approximate surface area is 161 Å². The number of pyridine rings is 1. The molecule has 5 rings (SSSR count). The van der Waals surface area contributed by atoms with Crippen molar-refractivity contribution in [3.63, 3.8) is 0 Å². The van der Waals surface area contributed by atoms with Crippen molar-refractivity contribution >= 4 is 22.5 Å². The van der Waals surface area contributed by atoms with Gasteiger partial charge < -0.3 is 19.8 Å². The van der Waals surface area contributed by atoms with E-state index in [4.69, 9.17) is 9.47 Å². The van der Waals surface area contributed by atoms with E-state index >= 15 is 0 Å². The minimum atomic E-state index is -0.760. The maximum absolute atomic E-state index is 12.8. The van der Waals surface area contributed by atoms with Crippen molar-refractivity contribution in [2.24, 2.45) is 0 Å². The first-order valence-electron chi connectivity index (χ1n) is 9.51. The molecule has 2 heterocycles. The SMILES string of the molecule is CC1Oc2ccccc2OC1C(=O)Nc1ccc2c3c(c(=O)[nH]c2c1)CCC3. The summed E-state index contributed by atoms with van der Waals surface area (Å²) in [6.45, 7) is 1.81. The second-order valence-electron chi connectivity index (χ2n) is 7.32. The summed E-state index contributed by atoms with van der Waals surface area (Å²) in [5.74, 6) is 0.903. The number of H-pyrrole nitrogens is 1. The van der Waals surface area contributed by atoms with Crippen LogP contribution in [0.5, 0.6) is 11.5 Å². The molecule has 6 nitrogen and oxygen atoms in total. The number of benzene rings is 2. The number of anilines is 1. The number of rotatable bonds is 2. The van der Waals surface area contributed by atoms with Crippen LogP contribution >= 0.6 is 0 Å². The fraction of sp³-hybridized carbons (Fsp3) is 0.273. The number of carbonyl (C=O) groups excluding carboxylic acids is 1. The van der Waals surface area contributed by atoms with Gasteiger partial charge in [0.2, 0.25) is 6.10 Å². The van der Waals surface area contributed by atoms with Crippen LogP contribution in [0.1, 0.15) is 24.5 Å². The molecule has 1 aliphatic heterocycles. The van der Waals surface area contributed by atoms with Gasteiger partial charge in [-0.3, -0.25) is 9.59 Å². The Morgan fingerprint density at radius 3 is 2.64 bits per heavy atom. The molecule has 1 aliphatic carbocycles. The summed E-state index contributed by atoms with van der Waals surface area (Å²) in [6, 6.07) is 12.9. The zero-order valence-corrected chi connectivity index (χ0v) is 15.5. The van der Waals surface area contributed by atoms with Crippen molar-refractivity contribution in [3.8, 4) is 11.5 Å². The molecular formula is C22H20N2O4. The Morgan fingerprint density at radius 1 is 1.07 bits per heavy atom. The fourth-order valence-electron chi connectivity index (χ4n) is 4.10. The Bertz CT molecular complexity index is 1150. The fourth-order valence-corrected chi connectivity index (χ4v) is 4.10. The van der Waals surface area contributed by atoms with E-state index in [1.54, 1.807) is 19.1 Å². The predicted molar refractivity (Wildman–Crippen MR) is 106 cm³/mol. The van der Waals surface area contributed by atoms with Crippen molar-refractivity contribution in [2.45, 2.75) is 38.4 Å². The van der Waals surface area contributed by atoms with Crippen LogP contribution < -0.4 is 20.3 Å². The molecule has 1 aromatic heterocycles. The standard InChI is InChI=1S/C22H20N2O4/c1-12-20(28-19-8-3-2-7-18(19)27-12)22(26)23-13-9-10-15-14-5-4-6-16(14)21(25)24-17(15)11-13/h2-3,7-12,20H,4-6H2,1H3,(H,23,26)(H,24,25). The normalized spacial score (nSPS) is 20.0. The Hall–Kier alpha value is -3.28. The van der Waals surface area contributed by atoms with Crippen LogP contribution in [0.3, 0.4) is 0 Å². The second-order valence-corrected chi connectivity index (χ2v) is 7.32. The van der Waals surface area contributed by atoms with Gasteiger partial charge in [0.15, 0.2) is 11.5 Å². The number of para-hydroxylation sites is 2. The lowest BCUT2D eigenvalue weighted by Crippen LogP contribution is -2.46. The number of aromatic amines is 1. The predicted octanol–water partition coefficient (Wildman–Crippen LogP) is 3.18. The van der Waals surface area contributed by atoms with Crippen molar-refractivity contribution in [2.75, 3.05) is 5.32 Å². The lowest BCUT2D eigenvalue weighted by atomic mass is 10.1. The molecule has 2 aliphatic rings. The summed E-state index contributed by atoms with van der Waals surface area (Å²) >= 11 is 0. The van der Waals surface area contributed by atoms with Gasteiger partial charge in [0.05, 0.1) is 5.52 Å². The summed E-state index contributed by atoms with van der Waals surface area (Å²) in [5, 5.41) is 3.93. The van der Waals surface area contributed by atoms with Crippen LogP contribution in [-0.4, -0.2) is 23.1 Å². The van der Waals surface area contributed by atoms with Gasteiger partial charge in [-0.25, -0.2) is 0 Å². The maximum atomic E-state index is 12.8. The Kier molecular flexibility index (Phi) is 3.86. The molecule has 3 aromatic rings. The number of carbonyl (C=O) groups is 1. The van der Waals surface area contributed by atoms with Crippen LogP contribution in [0.25, 0.3) is 10.9 Å². The minimum absolute atomic E-state index is 0.0299. The monoisotopic (exact) mass is 376 g/mol. The molecule has 0 saturated heterocycles. The average molecular weight is 376 g/mol. The van der Waals surface area contributed by atoms with Crippen molar-refractivity contribution in [1.29, 1.82) is 0 Å². The molecule has 0 bridgehead atoms. The number of aromatic nitrogens is 1. The molecule has 0 spiro atoms. The largest absolute Gasteiger partial charge is 0.482 e. The van der Waals surface area contributed by atoms with Crippen LogP contribution in [0.2, 0.25) is 0 Å². The van der Waals surface area contributed by atoms with E-state index in [0.29, 0.717) is 17.2 Å². The summed E-state index contributed by atoms with van der Waals surface area (Å²) in [7, 11) is 0. The highest BCUT2D eigenvalue weighted by Gasteiger charge is 2.34. The molecule has 28 heavy (non-hydrogen) atoms. The van der Waals surface area contributed by atoms with Crippen molar-refractivity contribution in [3.05, 3.63) is 63.9 Å². The number of aryl methyl sites for hydroxylation is 1. The van der Waals surface area contributed by atoms with E-state index in [1.807, 2.05) is 30.3 Å². The van der Waals surface area contributed by atoms with Gasteiger partial charge in [-0.2, -0.15) is 0 Å². The summed E-state index contributed by atoms with van der Waals surface area (Å²) in [4.78, 5) is 28.0. The van der Waals surface area contributed by atoms with Gasteiger partial charge in [0, 0.05) is 16.6 Å². The molecule has 2 aromatic carbocycles. The van der Waals surface area contributed by atoms with E-state index in [9.17, 15) is 9.59 Å². The lowest BCUT2D eigenvalue weighted by Gasteiger charge is -2.31. The highest BCUT2D eigenvalue weighted by Crippen LogP contribution is 2.34. The molecule has 0 fully saturated rings. The number of hydrogen-bond donors (Lipinski definition) is 2. The highest BCUT2D eigenvalue weighted by atomic mass is 16.6. The van der Waals surface area contributed by atoms with E-state index in [0.717, 1.165) is 41.3 Å². The smallest absolute Gasteiger partial charge is 0.269 e. The molecule has 1 amide bonds. The van der Waals surface area contributed by atoms with Crippen LogP contribution in [0.4, 0.5) is 5.69 Å². The topological polar surface area (TPSA) is 80.4 Å². The number of amides is 1. The Balaban J connectivity index is 1.42. The highest BCUT2D eigenvalue weighted by molar-refractivity contribution is 5.97. The zero-order chi connectivity index (χ0) is 19.3. The molecule has 2 unspecified atom stereocenters. The van der Waals surface area contributed by atoms with E-state index in [1.165, 1.54) is 0 Å². The van der Waals surface area contributed by atoms with Crippen molar-refractivity contribution < 1.29 is 14.3 Å². The van der Waals surface area contributed by atoms with Gasteiger partial charge in [0.25, 0.3) is 11.5 Å². The van der Waals surface area contributed by atoms with E-state index < -0.39 is 12.2 Å². The van der Waals surface area contributed by atoms with Crippen molar-refractivity contribution in [1.82, 2.24) is 4.98 Å². The zero-order valence-electron chi connectivity index (χ0n) is 15.5. The van der Waals surface area contributed by atoms with Gasteiger partial charge in [-0.05, 0) is 56.0 Å². The van der Waals surface area contributed by atoms with Gasteiger partial charge >= 0.3 is 0 Å². The molecule has 6 heteroatoms. The van der Waals surface area contributed by atoms with Gasteiger partial charge in [-0.15, -0.1) is 0 Å². The molecular weight excluding hydrogens is 356 g/mol. The number of hydrogen-bond acceptors (Lipinski definition) is 4. The summed E-state index contributed by atoms with van der Waals surface area (Å²) in [5.41, 5.74) is 3.34. The maximum Gasteiger partial charge on any atom is 0.269 e. The van der Waals surface area contributed by atoms with Gasteiger partial charge in [0.1, 0.15) is 6.10 Å². The molecule has 0 radical (unpaired) electrons. The summed E-state index contributed by atoms with van der Waals surface area (Å²) < 4.78 is 11.7. The Morgan fingerprint density at radius 2 is 1.82 bits per heavy atom. The third kappa shape index (κ3) is 2.72. The molecule has 142 valence electrons. The van der Waals surface area contributed by atoms with Crippen LogP contribution in [0, 0.1) is 0 Å². The minimum Gasteiger partial charge on any atom is -0.482 e.